The Kier molecular flexibility index (Phi) is 2.37. The smallest absolute Gasteiger partial charge is 0.0635 e. The molecule has 4 rings (SSSR count). The molecule has 0 bridgehead atoms. The predicted molar refractivity (Wildman–Crippen MR) is 84.9 cm³/mol. The van der Waals surface area contributed by atoms with Crippen LogP contribution in [0.15, 0.2) is 72.8 Å². The van der Waals surface area contributed by atoms with Crippen LogP contribution in [0.2, 0.25) is 0 Å². The standard InChI is InChI=1S/C19H17N/c1-19-12-6-5-9-17(19)16-13-15(10-11-18(16)20-19)14-7-3-2-4-8-14/h2-13,17,20H,1H3. The van der Waals surface area contributed by atoms with Crippen molar-refractivity contribution in [2.45, 2.75) is 18.4 Å². The van der Waals surface area contributed by atoms with Crippen molar-refractivity contribution in [1.82, 2.24) is 0 Å². The quantitative estimate of drug-likeness (QED) is 0.779. The fraction of sp³-hybridized carbons (Fsp3) is 0.158. The molecule has 1 aliphatic heterocycles. The molecule has 0 radical (unpaired) electrons. The lowest BCUT2D eigenvalue weighted by Crippen LogP contribution is -2.33. The molecule has 98 valence electrons. The molecule has 1 N–H and O–H groups in total. The van der Waals surface area contributed by atoms with E-state index < -0.39 is 0 Å². The topological polar surface area (TPSA) is 12.0 Å². The highest BCUT2D eigenvalue weighted by atomic mass is 15.0. The summed E-state index contributed by atoms with van der Waals surface area (Å²) in [5, 5.41) is 3.65. The number of allylic oxidation sites excluding steroid dienone is 2. The first-order chi connectivity index (χ1) is 9.76. The second kappa shape index (κ2) is 4.11. The highest BCUT2D eigenvalue weighted by Crippen LogP contribution is 2.46. The normalized spacial score (nSPS) is 25.9. The van der Waals surface area contributed by atoms with Crippen LogP contribution < -0.4 is 5.32 Å². The molecule has 0 amide bonds. The zero-order valence-electron chi connectivity index (χ0n) is 11.5. The average Bonchev–Trinajstić information content (AvgIpc) is 2.79. The summed E-state index contributed by atoms with van der Waals surface area (Å²) in [7, 11) is 0. The molecule has 1 nitrogen and oxygen atoms in total. The minimum absolute atomic E-state index is 0.0202. The summed E-state index contributed by atoms with van der Waals surface area (Å²) in [5.41, 5.74) is 5.24. The molecular weight excluding hydrogens is 242 g/mol. The zero-order chi connectivity index (χ0) is 13.6. The van der Waals surface area contributed by atoms with Gasteiger partial charge in [0.2, 0.25) is 0 Å². The maximum atomic E-state index is 3.65. The molecule has 1 heteroatoms. The number of anilines is 1. The summed E-state index contributed by atoms with van der Waals surface area (Å²) in [6, 6.07) is 17.3. The Morgan fingerprint density at radius 1 is 0.950 bits per heavy atom. The van der Waals surface area contributed by atoms with E-state index in [-0.39, 0.29) is 5.54 Å². The van der Waals surface area contributed by atoms with Gasteiger partial charge in [0.05, 0.1) is 5.54 Å². The third-order valence-corrected chi connectivity index (χ3v) is 4.40. The fourth-order valence-corrected chi connectivity index (χ4v) is 3.31. The van der Waals surface area contributed by atoms with Crippen molar-refractivity contribution in [2.75, 3.05) is 5.32 Å². The summed E-state index contributed by atoms with van der Waals surface area (Å²) in [6.07, 6.45) is 8.85. The van der Waals surface area contributed by atoms with E-state index in [0.717, 1.165) is 0 Å². The maximum Gasteiger partial charge on any atom is 0.0635 e. The van der Waals surface area contributed by atoms with Crippen molar-refractivity contribution in [3.05, 3.63) is 78.4 Å². The molecule has 2 unspecified atom stereocenters. The summed E-state index contributed by atoms with van der Waals surface area (Å²) >= 11 is 0. The summed E-state index contributed by atoms with van der Waals surface area (Å²) in [6.45, 7) is 2.26. The van der Waals surface area contributed by atoms with Crippen LogP contribution in [0.3, 0.4) is 0 Å². The molecule has 2 aliphatic rings. The highest BCUT2D eigenvalue weighted by molar-refractivity contribution is 5.73. The predicted octanol–water partition coefficient (Wildman–Crippen LogP) is 4.75. The lowest BCUT2D eigenvalue weighted by molar-refractivity contribution is 0.596. The highest BCUT2D eigenvalue weighted by Gasteiger charge is 2.39. The van der Waals surface area contributed by atoms with Gasteiger partial charge in [-0.25, -0.2) is 0 Å². The van der Waals surface area contributed by atoms with Gasteiger partial charge in [-0.3, -0.25) is 0 Å². The van der Waals surface area contributed by atoms with E-state index >= 15 is 0 Å². The average molecular weight is 259 g/mol. The van der Waals surface area contributed by atoms with Crippen LogP contribution >= 0.6 is 0 Å². The molecule has 2 atom stereocenters. The number of hydrogen-bond acceptors (Lipinski definition) is 1. The molecule has 1 heterocycles. The Morgan fingerprint density at radius 2 is 1.80 bits per heavy atom. The monoisotopic (exact) mass is 259 g/mol. The SMILES string of the molecule is CC12C=CC=CC1c1cc(-c3ccccc3)ccc1N2. The molecule has 1 aliphatic carbocycles. The number of rotatable bonds is 1. The number of benzene rings is 2. The van der Waals surface area contributed by atoms with Crippen LogP contribution in [0, 0.1) is 0 Å². The van der Waals surface area contributed by atoms with Crippen LogP contribution in [0.5, 0.6) is 0 Å². The van der Waals surface area contributed by atoms with Gasteiger partial charge in [-0.1, -0.05) is 60.7 Å². The molecule has 0 saturated carbocycles. The third kappa shape index (κ3) is 1.63. The van der Waals surface area contributed by atoms with Crippen molar-refractivity contribution in [3.8, 4) is 11.1 Å². The second-order valence-electron chi connectivity index (χ2n) is 5.80. The van der Waals surface area contributed by atoms with Crippen LogP contribution in [0.4, 0.5) is 5.69 Å². The maximum absolute atomic E-state index is 3.65. The molecule has 0 saturated heterocycles. The van der Waals surface area contributed by atoms with Crippen molar-refractivity contribution in [1.29, 1.82) is 0 Å². The van der Waals surface area contributed by atoms with E-state index in [2.05, 4.69) is 85.1 Å². The van der Waals surface area contributed by atoms with Gasteiger partial charge in [-0.15, -0.1) is 0 Å². The summed E-state index contributed by atoms with van der Waals surface area (Å²) in [4.78, 5) is 0. The van der Waals surface area contributed by atoms with E-state index in [9.17, 15) is 0 Å². The first-order valence-electron chi connectivity index (χ1n) is 7.10. The Balaban J connectivity index is 1.83. The minimum atomic E-state index is 0.0202. The van der Waals surface area contributed by atoms with Crippen molar-refractivity contribution < 1.29 is 0 Å². The summed E-state index contributed by atoms with van der Waals surface area (Å²) in [5.74, 6) is 0.422. The van der Waals surface area contributed by atoms with E-state index in [0.29, 0.717) is 5.92 Å². The molecule has 0 fully saturated rings. The Bertz CT molecular complexity index is 712. The van der Waals surface area contributed by atoms with E-state index in [4.69, 9.17) is 0 Å². The molecule has 2 aromatic carbocycles. The van der Waals surface area contributed by atoms with Gasteiger partial charge in [0.1, 0.15) is 0 Å². The number of hydrogen-bond donors (Lipinski definition) is 1. The Hall–Kier alpha value is -2.28. The van der Waals surface area contributed by atoms with Gasteiger partial charge in [0.15, 0.2) is 0 Å². The largest absolute Gasteiger partial charge is 0.375 e. The lowest BCUT2D eigenvalue weighted by atomic mass is 9.81. The van der Waals surface area contributed by atoms with Crippen molar-refractivity contribution >= 4 is 5.69 Å². The Morgan fingerprint density at radius 3 is 2.65 bits per heavy atom. The fourth-order valence-electron chi connectivity index (χ4n) is 3.31. The van der Waals surface area contributed by atoms with Crippen LogP contribution in [0.25, 0.3) is 11.1 Å². The van der Waals surface area contributed by atoms with E-state index in [1.165, 1.54) is 22.4 Å². The molecule has 0 aromatic heterocycles. The third-order valence-electron chi connectivity index (χ3n) is 4.40. The van der Waals surface area contributed by atoms with Crippen LogP contribution in [-0.2, 0) is 0 Å². The Labute approximate surface area is 119 Å². The van der Waals surface area contributed by atoms with Crippen LogP contribution in [-0.4, -0.2) is 5.54 Å². The summed E-state index contributed by atoms with van der Waals surface area (Å²) < 4.78 is 0. The first kappa shape index (κ1) is 11.5. The molecule has 20 heavy (non-hydrogen) atoms. The van der Waals surface area contributed by atoms with Crippen LogP contribution in [0.1, 0.15) is 18.4 Å². The minimum Gasteiger partial charge on any atom is -0.375 e. The lowest BCUT2D eigenvalue weighted by Gasteiger charge is -2.29. The van der Waals surface area contributed by atoms with Gasteiger partial charge in [0, 0.05) is 11.6 Å². The second-order valence-corrected chi connectivity index (χ2v) is 5.80. The van der Waals surface area contributed by atoms with E-state index in [1.807, 2.05) is 0 Å². The van der Waals surface area contributed by atoms with Gasteiger partial charge in [-0.05, 0) is 35.7 Å². The molecular formula is C19H17N. The number of fused-ring (bicyclic) bond motifs is 3. The first-order valence-corrected chi connectivity index (χ1v) is 7.10. The van der Waals surface area contributed by atoms with Gasteiger partial charge < -0.3 is 5.32 Å². The van der Waals surface area contributed by atoms with Gasteiger partial charge in [0.25, 0.3) is 0 Å². The van der Waals surface area contributed by atoms with Gasteiger partial charge in [-0.2, -0.15) is 0 Å². The zero-order valence-corrected chi connectivity index (χ0v) is 11.5. The van der Waals surface area contributed by atoms with Crippen molar-refractivity contribution in [2.24, 2.45) is 0 Å². The van der Waals surface area contributed by atoms with E-state index in [1.54, 1.807) is 0 Å². The molecule has 0 spiro atoms. The van der Waals surface area contributed by atoms with Crippen molar-refractivity contribution in [3.63, 3.8) is 0 Å². The van der Waals surface area contributed by atoms with Gasteiger partial charge >= 0.3 is 0 Å². The molecule has 2 aromatic rings. The number of nitrogens with one attached hydrogen (secondary N) is 1.